The second-order valence-electron chi connectivity index (χ2n) is 3.35. The van der Waals surface area contributed by atoms with Crippen molar-refractivity contribution in [3.63, 3.8) is 0 Å². The third-order valence-corrected chi connectivity index (χ3v) is 4.92. The average Bonchev–Trinajstić information content (AvgIpc) is 1.56. The monoisotopic (exact) mass is 198 g/mol. The first-order valence-electron chi connectivity index (χ1n) is 3.49. The van der Waals surface area contributed by atoms with Crippen LogP contribution in [0.1, 0.15) is 12.8 Å². The Bertz CT molecular complexity index is 122. The van der Waals surface area contributed by atoms with E-state index in [4.69, 9.17) is 27.6 Å². The third-order valence-electron chi connectivity index (χ3n) is 1.67. The van der Waals surface area contributed by atoms with Crippen LogP contribution in [0.3, 0.4) is 0 Å². The smallest absolute Gasteiger partial charge is 0.208 e. The molecule has 60 valence electrons. The van der Waals surface area contributed by atoms with Crippen LogP contribution < -0.4 is 0 Å². The highest BCUT2D eigenvalue weighted by atomic mass is 35.5. The fourth-order valence-electron chi connectivity index (χ4n) is 1.23. The first-order chi connectivity index (χ1) is 4.41. The molecular weight excluding hydrogens is 187 g/mol. The minimum Gasteiger partial charge on any atom is -0.388 e. The Balaban J connectivity index is 2.56. The summed E-state index contributed by atoms with van der Waals surface area (Å²) >= 11 is 11.7. The third kappa shape index (κ3) is 2.42. The maximum absolute atomic E-state index is 5.83. The van der Waals surface area contributed by atoms with Gasteiger partial charge in [0.1, 0.15) is 0 Å². The average molecular weight is 199 g/mol. The van der Waals surface area contributed by atoms with E-state index in [0.29, 0.717) is 0 Å². The largest absolute Gasteiger partial charge is 0.388 e. The van der Waals surface area contributed by atoms with Crippen LogP contribution >= 0.6 is 23.2 Å². The molecule has 0 spiro atoms. The van der Waals surface area contributed by atoms with Crippen LogP contribution in [0, 0.1) is 0 Å². The molecule has 1 nitrogen and oxygen atoms in total. The van der Waals surface area contributed by atoms with Gasteiger partial charge in [0.05, 0.1) is 0 Å². The van der Waals surface area contributed by atoms with Crippen LogP contribution in [0.5, 0.6) is 0 Å². The van der Waals surface area contributed by atoms with E-state index in [-0.39, 0.29) is 0 Å². The van der Waals surface area contributed by atoms with E-state index in [0.717, 1.165) is 12.8 Å². The Hall–Kier alpha value is 0.757. The molecule has 1 aliphatic heterocycles. The molecule has 0 N–H and O–H groups in total. The molecule has 10 heavy (non-hydrogen) atoms. The quantitative estimate of drug-likeness (QED) is 0.430. The highest BCUT2D eigenvalue weighted by Gasteiger charge is 2.38. The standard InChI is InChI=1S/C6H12Cl2OSi/c1-10(2)5-3-4-6(7,8)9-10/h3-5H2,1-2H3. The van der Waals surface area contributed by atoms with Gasteiger partial charge in [-0.1, -0.05) is 23.2 Å². The Kier molecular flexibility index (Phi) is 2.36. The van der Waals surface area contributed by atoms with Crippen LogP contribution in [-0.4, -0.2) is 12.8 Å². The number of hydrogen-bond acceptors (Lipinski definition) is 1. The van der Waals surface area contributed by atoms with Crippen molar-refractivity contribution in [1.82, 2.24) is 0 Å². The molecule has 1 rings (SSSR count). The fourth-order valence-corrected chi connectivity index (χ4v) is 4.79. The van der Waals surface area contributed by atoms with Crippen LogP contribution in [-0.2, 0) is 4.43 Å². The summed E-state index contributed by atoms with van der Waals surface area (Å²) in [5.41, 5.74) is 0. The number of halogens is 2. The van der Waals surface area contributed by atoms with Gasteiger partial charge >= 0.3 is 0 Å². The maximum atomic E-state index is 5.83. The summed E-state index contributed by atoms with van der Waals surface area (Å²) in [7, 11) is -1.49. The molecule has 0 bridgehead atoms. The Labute approximate surface area is 72.8 Å². The van der Waals surface area contributed by atoms with E-state index in [2.05, 4.69) is 13.1 Å². The van der Waals surface area contributed by atoms with Crippen LogP contribution in [0.25, 0.3) is 0 Å². The van der Waals surface area contributed by atoms with Crippen LogP contribution in [0.4, 0.5) is 0 Å². The Morgan fingerprint density at radius 1 is 1.40 bits per heavy atom. The lowest BCUT2D eigenvalue weighted by atomic mass is 10.3. The summed E-state index contributed by atoms with van der Waals surface area (Å²) in [4.78, 5) is 0. The van der Waals surface area contributed by atoms with Gasteiger partial charge in [0.2, 0.25) is 4.52 Å². The SMILES string of the molecule is C[Si]1(C)CCCC(Cl)(Cl)O1. The minimum atomic E-state index is -1.49. The van der Waals surface area contributed by atoms with Crippen molar-refractivity contribution in [2.75, 3.05) is 0 Å². The highest BCUT2D eigenvalue weighted by molar-refractivity contribution is 6.72. The minimum absolute atomic E-state index is 0.770. The van der Waals surface area contributed by atoms with E-state index in [1.165, 1.54) is 6.04 Å². The maximum Gasteiger partial charge on any atom is 0.208 e. The fraction of sp³-hybridized carbons (Fsp3) is 1.00. The first kappa shape index (κ1) is 8.85. The van der Waals surface area contributed by atoms with Gasteiger partial charge in [-0.2, -0.15) is 0 Å². The molecule has 0 saturated carbocycles. The van der Waals surface area contributed by atoms with Gasteiger partial charge in [0, 0.05) is 6.42 Å². The Morgan fingerprint density at radius 2 is 2.00 bits per heavy atom. The molecular formula is C6H12Cl2OSi. The molecule has 0 aromatic rings. The summed E-state index contributed by atoms with van der Waals surface area (Å²) in [6.45, 7) is 4.29. The normalized spacial score (nSPS) is 30.0. The summed E-state index contributed by atoms with van der Waals surface area (Å²) in [6.07, 6.45) is 1.87. The zero-order chi connectivity index (χ0) is 7.83. The zero-order valence-electron chi connectivity index (χ0n) is 6.29. The lowest BCUT2D eigenvalue weighted by Gasteiger charge is -2.36. The van der Waals surface area contributed by atoms with Gasteiger partial charge in [-0.25, -0.2) is 0 Å². The number of alkyl halides is 2. The molecule has 0 aromatic carbocycles. The Morgan fingerprint density at radius 3 is 2.30 bits per heavy atom. The van der Waals surface area contributed by atoms with Crippen molar-refractivity contribution in [3.05, 3.63) is 0 Å². The van der Waals surface area contributed by atoms with Gasteiger partial charge in [-0.3, -0.25) is 0 Å². The topological polar surface area (TPSA) is 9.23 Å². The number of hydrogen-bond donors (Lipinski definition) is 0. The van der Waals surface area contributed by atoms with Crippen molar-refractivity contribution < 1.29 is 4.43 Å². The van der Waals surface area contributed by atoms with E-state index in [9.17, 15) is 0 Å². The molecule has 1 aliphatic rings. The molecule has 4 heteroatoms. The van der Waals surface area contributed by atoms with Crippen molar-refractivity contribution in [2.45, 2.75) is 36.5 Å². The predicted octanol–water partition coefficient (Wildman–Crippen LogP) is 3.13. The zero-order valence-corrected chi connectivity index (χ0v) is 8.80. The van der Waals surface area contributed by atoms with Gasteiger partial charge < -0.3 is 4.43 Å². The summed E-state index contributed by atoms with van der Waals surface area (Å²) < 4.78 is 4.65. The van der Waals surface area contributed by atoms with Crippen molar-refractivity contribution >= 4 is 31.5 Å². The molecule has 0 aliphatic carbocycles. The summed E-state index contributed by atoms with van der Waals surface area (Å²) in [5, 5.41) is 0. The lowest BCUT2D eigenvalue weighted by molar-refractivity contribution is 0.197. The van der Waals surface area contributed by atoms with Crippen LogP contribution in [0.2, 0.25) is 19.1 Å². The molecule has 0 aromatic heterocycles. The van der Waals surface area contributed by atoms with E-state index < -0.39 is 12.8 Å². The second-order valence-corrected chi connectivity index (χ2v) is 8.99. The van der Waals surface area contributed by atoms with E-state index in [1.54, 1.807) is 0 Å². The van der Waals surface area contributed by atoms with Gasteiger partial charge in [-0.15, -0.1) is 0 Å². The summed E-state index contributed by atoms with van der Waals surface area (Å²) in [5.74, 6) is 0. The van der Waals surface area contributed by atoms with E-state index >= 15 is 0 Å². The molecule has 0 radical (unpaired) electrons. The molecule has 0 amide bonds. The van der Waals surface area contributed by atoms with Crippen molar-refractivity contribution in [2.24, 2.45) is 0 Å². The lowest BCUT2D eigenvalue weighted by Crippen LogP contribution is -2.41. The van der Waals surface area contributed by atoms with Crippen LogP contribution in [0.15, 0.2) is 0 Å². The highest BCUT2D eigenvalue weighted by Crippen LogP contribution is 2.39. The second kappa shape index (κ2) is 2.66. The summed E-state index contributed by atoms with van der Waals surface area (Å²) in [6, 6.07) is 1.17. The van der Waals surface area contributed by atoms with Crippen molar-refractivity contribution in [1.29, 1.82) is 0 Å². The molecule has 1 saturated heterocycles. The molecule has 1 heterocycles. The van der Waals surface area contributed by atoms with Gasteiger partial charge in [0.25, 0.3) is 0 Å². The molecule has 0 unspecified atom stereocenters. The first-order valence-corrected chi connectivity index (χ1v) is 7.36. The molecule has 0 atom stereocenters. The van der Waals surface area contributed by atoms with Gasteiger partial charge in [-0.05, 0) is 25.6 Å². The van der Waals surface area contributed by atoms with E-state index in [1.807, 2.05) is 0 Å². The number of rotatable bonds is 0. The van der Waals surface area contributed by atoms with Crippen molar-refractivity contribution in [3.8, 4) is 0 Å². The predicted molar refractivity (Wildman–Crippen MR) is 47.0 cm³/mol. The molecule has 1 fully saturated rings. The van der Waals surface area contributed by atoms with Gasteiger partial charge in [0.15, 0.2) is 8.32 Å².